The molecule has 2 aliphatic rings. The minimum absolute atomic E-state index is 0.00396. The maximum atomic E-state index is 12.6. The van der Waals surface area contributed by atoms with Crippen LogP contribution < -0.4 is 10.2 Å². The molecule has 8 heteroatoms. The van der Waals surface area contributed by atoms with Gasteiger partial charge in [-0.2, -0.15) is 0 Å². The summed E-state index contributed by atoms with van der Waals surface area (Å²) in [4.78, 5) is 28.7. The molecule has 1 aromatic carbocycles. The first kappa shape index (κ1) is 20.9. The number of aromatic carboxylic acids is 1. The van der Waals surface area contributed by atoms with Crippen molar-refractivity contribution in [3.8, 4) is 27.6 Å². The highest BCUT2D eigenvalue weighted by atomic mass is 32.1. The zero-order valence-electron chi connectivity index (χ0n) is 17.9. The Morgan fingerprint density at radius 3 is 2.81 bits per heavy atom. The predicted octanol–water partition coefficient (Wildman–Crippen LogP) is 4.26. The van der Waals surface area contributed by atoms with Crippen LogP contribution in [-0.2, 0) is 11.2 Å². The standard InChI is InChI=1S/C24H24N2O5S/c1-13(2)19-7-14-8-22(31-15-3-5-30-12-15)17(23-25-4-6-32-23)9-16(14)20-10-21(27)18(24(28)29)11-26(19)20/h4,6,8-11,13,15,19H,3,5,7,12H2,1-2H3,(H,28,29). The summed E-state index contributed by atoms with van der Waals surface area (Å²) in [7, 11) is 0. The summed E-state index contributed by atoms with van der Waals surface area (Å²) in [5.41, 5.74) is 2.91. The minimum Gasteiger partial charge on any atom is -0.487 e. The molecule has 32 heavy (non-hydrogen) atoms. The Balaban J connectivity index is 1.71. The second-order valence-electron chi connectivity index (χ2n) is 8.61. The molecule has 1 fully saturated rings. The normalized spacial score (nSPS) is 19.6. The van der Waals surface area contributed by atoms with E-state index in [2.05, 4.69) is 24.9 Å². The first-order valence-electron chi connectivity index (χ1n) is 10.7. The summed E-state index contributed by atoms with van der Waals surface area (Å²) in [6.07, 6.45) is 4.83. The average molecular weight is 453 g/mol. The SMILES string of the molecule is CC(C)C1Cc2cc(OC3CCOC3)c(-c3nccs3)cc2-c2cc(=O)c(C(=O)O)cn21. The van der Waals surface area contributed by atoms with Crippen molar-refractivity contribution >= 4 is 17.3 Å². The van der Waals surface area contributed by atoms with E-state index in [9.17, 15) is 14.7 Å². The lowest BCUT2D eigenvalue weighted by Crippen LogP contribution is -2.28. The molecule has 0 radical (unpaired) electrons. The Kier molecular flexibility index (Phi) is 5.35. The molecule has 0 aliphatic carbocycles. The second kappa shape index (κ2) is 8.18. The van der Waals surface area contributed by atoms with E-state index in [1.165, 1.54) is 23.6 Å². The smallest absolute Gasteiger partial charge is 0.341 e. The van der Waals surface area contributed by atoms with Crippen molar-refractivity contribution in [1.29, 1.82) is 0 Å². The Bertz CT molecular complexity index is 1230. The van der Waals surface area contributed by atoms with E-state index >= 15 is 0 Å². The molecular formula is C24H24N2O5S. The van der Waals surface area contributed by atoms with Crippen LogP contribution in [0.4, 0.5) is 0 Å². The van der Waals surface area contributed by atoms with Crippen LogP contribution >= 0.6 is 11.3 Å². The number of nitrogens with zero attached hydrogens (tertiary/aromatic N) is 2. The van der Waals surface area contributed by atoms with Crippen LogP contribution in [-0.4, -0.2) is 39.9 Å². The molecule has 0 amide bonds. The molecule has 2 atom stereocenters. The maximum absolute atomic E-state index is 12.6. The van der Waals surface area contributed by atoms with E-state index in [4.69, 9.17) is 9.47 Å². The molecule has 3 aromatic rings. The molecule has 5 rings (SSSR count). The first-order valence-corrected chi connectivity index (χ1v) is 11.6. The van der Waals surface area contributed by atoms with Crippen molar-refractivity contribution in [3.63, 3.8) is 0 Å². The molecule has 0 spiro atoms. The molecule has 0 bridgehead atoms. The van der Waals surface area contributed by atoms with E-state index < -0.39 is 11.4 Å². The number of ether oxygens (including phenoxy) is 2. The average Bonchev–Trinajstić information content (AvgIpc) is 3.46. The number of thiazole rings is 1. The second-order valence-corrected chi connectivity index (χ2v) is 9.51. The fourth-order valence-corrected chi connectivity index (χ4v) is 5.18. The number of hydrogen-bond donors (Lipinski definition) is 1. The lowest BCUT2D eigenvalue weighted by molar-refractivity contribution is 0.0694. The molecule has 1 N–H and O–H groups in total. The fourth-order valence-electron chi connectivity index (χ4n) is 4.52. The van der Waals surface area contributed by atoms with Gasteiger partial charge in [0, 0.05) is 41.9 Å². The van der Waals surface area contributed by atoms with Gasteiger partial charge in [-0.1, -0.05) is 13.8 Å². The van der Waals surface area contributed by atoms with Crippen molar-refractivity contribution < 1.29 is 19.4 Å². The quantitative estimate of drug-likeness (QED) is 0.622. The topological polar surface area (TPSA) is 90.7 Å². The van der Waals surface area contributed by atoms with Gasteiger partial charge in [-0.25, -0.2) is 9.78 Å². The van der Waals surface area contributed by atoms with Crippen LogP contribution in [0.15, 0.2) is 40.8 Å². The summed E-state index contributed by atoms with van der Waals surface area (Å²) in [5.74, 6) is -0.184. The molecule has 2 unspecified atom stereocenters. The number of benzene rings is 1. The largest absolute Gasteiger partial charge is 0.487 e. The van der Waals surface area contributed by atoms with Gasteiger partial charge in [0.05, 0.1) is 24.5 Å². The van der Waals surface area contributed by atoms with Crippen LogP contribution in [0.5, 0.6) is 5.75 Å². The molecule has 166 valence electrons. The van der Waals surface area contributed by atoms with Crippen LogP contribution in [0.1, 0.15) is 42.2 Å². The third-order valence-corrected chi connectivity index (χ3v) is 7.00. The summed E-state index contributed by atoms with van der Waals surface area (Å²) in [6, 6.07) is 5.58. The van der Waals surface area contributed by atoms with Crippen LogP contribution in [0.25, 0.3) is 21.8 Å². The summed E-state index contributed by atoms with van der Waals surface area (Å²) in [5, 5.41) is 12.2. The van der Waals surface area contributed by atoms with Crippen molar-refractivity contribution in [2.24, 2.45) is 5.92 Å². The number of carboxylic acid groups (broad SMARTS) is 1. The summed E-state index contributed by atoms with van der Waals surface area (Å²) in [6.45, 7) is 5.48. The van der Waals surface area contributed by atoms with Crippen LogP contribution in [0.3, 0.4) is 0 Å². The molecule has 7 nitrogen and oxygen atoms in total. The number of carbonyl (C=O) groups is 1. The number of hydrogen-bond acceptors (Lipinski definition) is 6. The lowest BCUT2D eigenvalue weighted by Gasteiger charge is -2.34. The molecule has 4 heterocycles. The zero-order valence-corrected chi connectivity index (χ0v) is 18.7. The predicted molar refractivity (Wildman–Crippen MR) is 122 cm³/mol. The Hall–Kier alpha value is -2.97. The number of rotatable bonds is 5. The lowest BCUT2D eigenvalue weighted by atomic mass is 9.86. The third kappa shape index (κ3) is 3.63. The number of pyridine rings is 1. The Morgan fingerprint density at radius 1 is 1.31 bits per heavy atom. The van der Waals surface area contributed by atoms with Crippen molar-refractivity contribution in [2.75, 3.05) is 13.2 Å². The van der Waals surface area contributed by atoms with E-state index in [1.807, 2.05) is 16.0 Å². The minimum atomic E-state index is -1.20. The van der Waals surface area contributed by atoms with Gasteiger partial charge in [-0.05, 0) is 30.0 Å². The van der Waals surface area contributed by atoms with Gasteiger partial charge in [0.15, 0.2) is 5.43 Å². The summed E-state index contributed by atoms with van der Waals surface area (Å²) < 4.78 is 13.8. The maximum Gasteiger partial charge on any atom is 0.341 e. The summed E-state index contributed by atoms with van der Waals surface area (Å²) >= 11 is 1.53. The number of aromatic nitrogens is 2. The van der Waals surface area contributed by atoms with Gasteiger partial charge >= 0.3 is 5.97 Å². The van der Waals surface area contributed by atoms with Crippen molar-refractivity contribution in [3.05, 3.63) is 57.3 Å². The highest BCUT2D eigenvalue weighted by molar-refractivity contribution is 7.13. The fraction of sp³-hybridized carbons (Fsp3) is 0.375. The first-order chi connectivity index (χ1) is 15.4. The molecule has 2 aliphatic heterocycles. The molecular weight excluding hydrogens is 428 g/mol. The molecule has 1 saturated heterocycles. The van der Waals surface area contributed by atoms with Crippen molar-refractivity contribution in [2.45, 2.75) is 38.8 Å². The van der Waals surface area contributed by atoms with Gasteiger partial charge in [-0.15, -0.1) is 11.3 Å². The zero-order chi connectivity index (χ0) is 22.4. The molecule has 2 aromatic heterocycles. The third-order valence-electron chi connectivity index (χ3n) is 6.19. The Morgan fingerprint density at radius 2 is 2.16 bits per heavy atom. The highest BCUT2D eigenvalue weighted by Crippen LogP contribution is 2.43. The Labute approximate surface area is 189 Å². The van der Waals surface area contributed by atoms with Gasteiger partial charge in [-0.3, -0.25) is 4.79 Å². The van der Waals surface area contributed by atoms with Gasteiger partial charge in [0.2, 0.25) is 0 Å². The number of fused-ring (bicyclic) bond motifs is 3. The van der Waals surface area contributed by atoms with Crippen LogP contribution in [0.2, 0.25) is 0 Å². The number of carboxylic acids is 1. The van der Waals surface area contributed by atoms with Crippen LogP contribution in [0, 0.1) is 5.92 Å². The molecule has 0 saturated carbocycles. The van der Waals surface area contributed by atoms with E-state index in [0.717, 1.165) is 46.0 Å². The van der Waals surface area contributed by atoms with E-state index in [0.29, 0.717) is 13.2 Å². The van der Waals surface area contributed by atoms with Crippen molar-refractivity contribution in [1.82, 2.24) is 9.55 Å². The van der Waals surface area contributed by atoms with Gasteiger partial charge < -0.3 is 19.1 Å². The van der Waals surface area contributed by atoms with E-state index in [-0.39, 0.29) is 23.6 Å². The highest BCUT2D eigenvalue weighted by Gasteiger charge is 2.30. The monoisotopic (exact) mass is 452 g/mol. The van der Waals surface area contributed by atoms with Gasteiger partial charge in [0.1, 0.15) is 22.4 Å². The van der Waals surface area contributed by atoms with Gasteiger partial charge in [0.25, 0.3) is 0 Å². The van der Waals surface area contributed by atoms with E-state index in [1.54, 1.807) is 6.20 Å².